The molecule has 0 fully saturated rings. The highest BCUT2D eigenvalue weighted by molar-refractivity contribution is 5.73. The van der Waals surface area contributed by atoms with Gasteiger partial charge in [0, 0.05) is 20.0 Å². The molecule has 2 aromatic heterocycles. The summed E-state index contributed by atoms with van der Waals surface area (Å²) >= 11 is 0. The maximum atomic E-state index is 4.58. The van der Waals surface area contributed by atoms with E-state index in [9.17, 15) is 0 Å². The number of nitrogens with one attached hydrogen (secondary N) is 1. The van der Waals surface area contributed by atoms with Crippen molar-refractivity contribution in [2.24, 2.45) is 0 Å². The molecular formula is C13H20N4. The van der Waals surface area contributed by atoms with Crippen molar-refractivity contribution in [3.8, 4) is 0 Å². The molecule has 2 aromatic rings. The van der Waals surface area contributed by atoms with Crippen LogP contribution in [0.1, 0.15) is 38.4 Å². The van der Waals surface area contributed by atoms with Crippen LogP contribution in [0.15, 0.2) is 12.1 Å². The number of fused-ring (bicyclic) bond motifs is 1. The maximum absolute atomic E-state index is 4.58. The van der Waals surface area contributed by atoms with E-state index < -0.39 is 0 Å². The minimum absolute atomic E-state index is 0.469. The lowest BCUT2D eigenvalue weighted by molar-refractivity contribution is 0.635. The summed E-state index contributed by atoms with van der Waals surface area (Å²) in [4.78, 5) is 14.4. The van der Waals surface area contributed by atoms with Gasteiger partial charge in [-0.15, -0.1) is 0 Å². The largest absolute Gasteiger partial charge is 0.363 e. The van der Waals surface area contributed by atoms with Gasteiger partial charge in [0.1, 0.15) is 11.6 Å². The average molecular weight is 232 g/mol. The number of hydrogen-bond acceptors (Lipinski definition) is 3. The normalized spacial score (nSPS) is 12.9. The number of aromatic amines is 1. The molecule has 0 radical (unpaired) electrons. The molecule has 0 saturated carbocycles. The zero-order chi connectivity index (χ0) is 12.4. The second-order valence-corrected chi connectivity index (χ2v) is 4.75. The third kappa shape index (κ3) is 2.40. The summed E-state index contributed by atoms with van der Waals surface area (Å²) in [6.07, 6.45) is 2.33. The van der Waals surface area contributed by atoms with E-state index in [1.54, 1.807) is 0 Å². The number of aromatic nitrogens is 3. The number of anilines is 1. The molecule has 1 atom stereocenters. The number of nitrogens with zero attached hydrogens (tertiary/aromatic N) is 3. The van der Waals surface area contributed by atoms with Crippen LogP contribution in [-0.2, 0) is 0 Å². The summed E-state index contributed by atoms with van der Waals surface area (Å²) in [7, 11) is 3.98. The molecule has 2 heterocycles. The summed E-state index contributed by atoms with van der Waals surface area (Å²) in [6.45, 7) is 4.40. The van der Waals surface area contributed by atoms with Crippen molar-refractivity contribution in [3.05, 3.63) is 18.0 Å². The number of hydrogen-bond donors (Lipinski definition) is 1. The lowest BCUT2D eigenvalue weighted by atomic mass is 10.1. The summed E-state index contributed by atoms with van der Waals surface area (Å²) in [5.74, 6) is 2.46. The maximum Gasteiger partial charge on any atom is 0.179 e. The summed E-state index contributed by atoms with van der Waals surface area (Å²) in [5, 5.41) is 0. The lowest BCUT2D eigenvalue weighted by Crippen LogP contribution is -2.10. The molecule has 0 saturated heterocycles. The van der Waals surface area contributed by atoms with Crippen molar-refractivity contribution in [3.63, 3.8) is 0 Å². The molecule has 17 heavy (non-hydrogen) atoms. The number of rotatable bonds is 4. The second-order valence-electron chi connectivity index (χ2n) is 4.75. The Hall–Kier alpha value is -1.58. The van der Waals surface area contributed by atoms with E-state index >= 15 is 0 Å². The molecule has 0 bridgehead atoms. The minimum atomic E-state index is 0.469. The Morgan fingerprint density at radius 1 is 1.29 bits per heavy atom. The van der Waals surface area contributed by atoms with Gasteiger partial charge in [0.2, 0.25) is 0 Å². The van der Waals surface area contributed by atoms with Crippen molar-refractivity contribution in [2.45, 2.75) is 32.6 Å². The van der Waals surface area contributed by atoms with E-state index in [-0.39, 0.29) is 0 Å². The van der Waals surface area contributed by atoms with Crippen LogP contribution in [0.2, 0.25) is 0 Å². The first-order chi connectivity index (χ1) is 8.11. The fraction of sp³-hybridized carbons (Fsp3) is 0.538. The van der Waals surface area contributed by atoms with Gasteiger partial charge in [-0.2, -0.15) is 0 Å². The lowest BCUT2D eigenvalue weighted by Gasteiger charge is -2.09. The fourth-order valence-corrected chi connectivity index (χ4v) is 1.95. The Morgan fingerprint density at radius 2 is 2.06 bits per heavy atom. The summed E-state index contributed by atoms with van der Waals surface area (Å²) < 4.78 is 0. The van der Waals surface area contributed by atoms with E-state index in [4.69, 9.17) is 0 Å². The van der Waals surface area contributed by atoms with Crippen LogP contribution in [-0.4, -0.2) is 29.0 Å². The highest BCUT2D eigenvalue weighted by atomic mass is 15.1. The molecule has 0 aromatic carbocycles. The number of H-pyrrole nitrogens is 1. The number of pyridine rings is 1. The van der Waals surface area contributed by atoms with Crippen LogP contribution in [0.3, 0.4) is 0 Å². The molecule has 1 N–H and O–H groups in total. The van der Waals surface area contributed by atoms with E-state index in [2.05, 4.69) is 28.8 Å². The van der Waals surface area contributed by atoms with Gasteiger partial charge >= 0.3 is 0 Å². The van der Waals surface area contributed by atoms with E-state index in [0.29, 0.717) is 5.92 Å². The van der Waals surface area contributed by atoms with Gasteiger partial charge in [-0.25, -0.2) is 9.97 Å². The number of imidazole rings is 1. The molecule has 0 spiro atoms. The van der Waals surface area contributed by atoms with Crippen LogP contribution in [0.25, 0.3) is 11.2 Å². The predicted molar refractivity (Wildman–Crippen MR) is 71.5 cm³/mol. The second kappa shape index (κ2) is 4.73. The quantitative estimate of drug-likeness (QED) is 0.881. The van der Waals surface area contributed by atoms with Crippen molar-refractivity contribution in [1.29, 1.82) is 0 Å². The van der Waals surface area contributed by atoms with Gasteiger partial charge in [-0.1, -0.05) is 20.3 Å². The topological polar surface area (TPSA) is 44.8 Å². The third-order valence-corrected chi connectivity index (χ3v) is 3.00. The molecule has 4 heteroatoms. The third-order valence-electron chi connectivity index (χ3n) is 3.00. The van der Waals surface area contributed by atoms with Crippen molar-refractivity contribution in [2.75, 3.05) is 19.0 Å². The average Bonchev–Trinajstić information content (AvgIpc) is 2.71. The van der Waals surface area contributed by atoms with Gasteiger partial charge in [-0.05, 0) is 18.6 Å². The van der Waals surface area contributed by atoms with Gasteiger partial charge in [-0.3, -0.25) is 0 Å². The minimum Gasteiger partial charge on any atom is -0.363 e. The van der Waals surface area contributed by atoms with Crippen LogP contribution in [0.4, 0.5) is 5.82 Å². The Bertz CT molecular complexity index is 501. The highest BCUT2D eigenvalue weighted by Crippen LogP contribution is 2.21. The molecule has 0 aliphatic heterocycles. The van der Waals surface area contributed by atoms with Crippen molar-refractivity contribution in [1.82, 2.24) is 15.0 Å². The van der Waals surface area contributed by atoms with Gasteiger partial charge in [0.25, 0.3) is 0 Å². The van der Waals surface area contributed by atoms with Crippen LogP contribution >= 0.6 is 0 Å². The first kappa shape index (κ1) is 11.9. The van der Waals surface area contributed by atoms with Crippen LogP contribution < -0.4 is 4.90 Å². The zero-order valence-corrected chi connectivity index (χ0v) is 11.0. The Labute approximate surface area is 102 Å². The van der Waals surface area contributed by atoms with E-state index in [1.165, 1.54) is 6.42 Å². The van der Waals surface area contributed by atoms with Crippen LogP contribution in [0, 0.1) is 0 Å². The summed E-state index contributed by atoms with van der Waals surface area (Å²) in [5.41, 5.74) is 1.84. The molecule has 92 valence electrons. The molecule has 0 amide bonds. The zero-order valence-electron chi connectivity index (χ0n) is 11.0. The smallest absolute Gasteiger partial charge is 0.179 e. The van der Waals surface area contributed by atoms with E-state index in [1.807, 2.05) is 31.1 Å². The molecule has 1 unspecified atom stereocenters. The molecule has 0 aliphatic rings. The molecule has 2 rings (SSSR count). The van der Waals surface area contributed by atoms with Crippen molar-refractivity contribution >= 4 is 17.0 Å². The van der Waals surface area contributed by atoms with Gasteiger partial charge in [0.05, 0.1) is 5.52 Å². The van der Waals surface area contributed by atoms with E-state index in [0.717, 1.165) is 29.2 Å². The Kier molecular flexibility index (Phi) is 3.31. The molecular weight excluding hydrogens is 212 g/mol. The predicted octanol–water partition coefficient (Wildman–Crippen LogP) is 2.93. The first-order valence-corrected chi connectivity index (χ1v) is 6.15. The highest BCUT2D eigenvalue weighted by Gasteiger charge is 2.11. The van der Waals surface area contributed by atoms with Crippen molar-refractivity contribution < 1.29 is 0 Å². The fourth-order valence-electron chi connectivity index (χ4n) is 1.95. The molecule has 4 nitrogen and oxygen atoms in total. The summed E-state index contributed by atoms with van der Waals surface area (Å²) in [6, 6.07) is 4.06. The van der Waals surface area contributed by atoms with Crippen LogP contribution in [0.5, 0.6) is 0 Å². The Morgan fingerprint density at radius 3 is 2.71 bits per heavy atom. The van der Waals surface area contributed by atoms with Gasteiger partial charge in [0.15, 0.2) is 5.65 Å². The SMILES string of the molecule is CCCC(C)c1nc2nc(N(C)C)ccc2[nH]1. The Balaban J connectivity index is 2.36. The monoisotopic (exact) mass is 232 g/mol. The first-order valence-electron chi connectivity index (χ1n) is 6.15. The van der Waals surface area contributed by atoms with Gasteiger partial charge < -0.3 is 9.88 Å². The molecule has 0 aliphatic carbocycles. The standard InChI is InChI=1S/C13H20N4/c1-5-6-9(2)12-14-10-7-8-11(17(3)4)15-13(10)16-12/h7-9H,5-6H2,1-4H3,(H,14,15,16).